The van der Waals surface area contributed by atoms with Gasteiger partial charge in [-0.2, -0.15) is 0 Å². The highest BCUT2D eigenvalue weighted by Gasteiger charge is 2.09. The third kappa shape index (κ3) is 2.52. The molecule has 2 rings (SSSR count). The molecule has 0 spiro atoms. The molecule has 0 amide bonds. The van der Waals surface area contributed by atoms with E-state index in [1.807, 2.05) is 30.5 Å². The third-order valence-corrected chi connectivity index (χ3v) is 3.43. The van der Waals surface area contributed by atoms with Crippen molar-refractivity contribution in [3.8, 4) is 0 Å². The molecule has 76 valence electrons. The summed E-state index contributed by atoms with van der Waals surface area (Å²) in [4.78, 5) is 16.9. The molecule has 2 nitrogen and oxygen atoms in total. The molecular weight excluding hydrogens is 226 g/mol. The van der Waals surface area contributed by atoms with Gasteiger partial charge >= 0.3 is 0 Å². The first-order chi connectivity index (χ1) is 7.29. The molecule has 0 fully saturated rings. The molecule has 0 bridgehead atoms. The SMILES string of the molecule is CSC1=N/c2ccccc2SC(=O)/C=C\1. The Balaban J connectivity index is 2.52. The predicted molar refractivity (Wildman–Crippen MR) is 67.1 cm³/mol. The second-order valence-electron chi connectivity index (χ2n) is 2.88. The lowest BCUT2D eigenvalue weighted by molar-refractivity contribution is -0.107. The first-order valence-corrected chi connectivity index (χ1v) is 6.45. The van der Waals surface area contributed by atoms with Crippen LogP contribution < -0.4 is 0 Å². The normalized spacial score (nSPS) is 20.9. The van der Waals surface area contributed by atoms with Crippen LogP contribution in [0.15, 0.2) is 46.3 Å². The highest BCUT2D eigenvalue weighted by Crippen LogP contribution is 2.32. The zero-order chi connectivity index (χ0) is 10.7. The maximum Gasteiger partial charge on any atom is 0.217 e. The van der Waals surface area contributed by atoms with E-state index in [0.717, 1.165) is 15.6 Å². The Bertz CT molecular complexity index is 452. The van der Waals surface area contributed by atoms with E-state index in [2.05, 4.69) is 4.99 Å². The molecule has 0 atom stereocenters. The monoisotopic (exact) mass is 235 g/mol. The molecule has 1 aromatic carbocycles. The molecule has 0 saturated heterocycles. The third-order valence-electron chi connectivity index (χ3n) is 1.88. The van der Waals surface area contributed by atoms with Crippen molar-refractivity contribution >= 4 is 39.4 Å². The van der Waals surface area contributed by atoms with E-state index in [0.29, 0.717) is 0 Å². The van der Waals surface area contributed by atoms with Crippen LogP contribution in [0.3, 0.4) is 0 Å². The van der Waals surface area contributed by atoms with Crippen LogP contribution in [0.5, 0.6) is 0 Å². The highest BCUT2D eigenvalue weighted by atomic mass is 32.2. The summed E-state index contributed by atoms with van der Waals surface area (Å²) in [5.74, 6) is 0. The summed E-state index contributed by atoms with van der Waals surface area (Å²) in [5, 5.41) is 0.903. The Morgan fingerprint density at radius 2 is 2.07 bits per heavy atom. The van der Waals surface area contributed by atoms with E-state index in [-0.39, 0.29) is 5.12 Å². The zero-order valence-electron chi connectivity index (χ0n) is 8.14. The fraction of sp³-hybridized carbons (Fsp3) is 0.0909. The van der Waals surface area contributed by atoms with E-state index in [4.69, 9.17) is 0 Å². The standard InChI is InChI=1S/C11H9NOS2/c1-14-10-6-7-11(13)15-9-5-3-2-4-8(9)12-10/h2-7H,1H3/b7-6-,12-10+. The van der Waals surface area contributed by atoms with Gasteiger partial charge in [-0.05, 0) is 42.3 Å². The summed E-state index contributed by atoms with van der Waals surface area (Å²) < 4.78 is 0. The average Bonchev–Trinajstić information content (AvgIpc) is 2.23. The van der Waals surface area contributed by atoms with Gasteiger partial charge in [0.1, 0.15) is 0 Å². The van der Waals surface area contributed by atoms with Crippen molar-refractivity contribution in [3.63, 3.8) is 0 Å². The van der Waals surface area contributed by atoms with Gasteiger partial charge in [-0.1, -0.05) is 12.1 Å². The van der Waals surface area contributed by atoms with Crippen LogP contribution in [-0.4, -0.2) is 16.4 Å². The zero-order valence-corrected chi connectivity index (χ0v) is 9.77. The Morgan fingerprint density at radius 3 is 2.87 bits per heavy atom. The molecule has 0 unspecified atom stereocenters. The molecule has 1 aromatic rings. The largest absolute Gasteiger partial charge is 0.282 e. The van der Waals surface area contributed by atoms with Crippen LogP contribution >= 0.6 is 23.5 Å². The summed E-state index contributed by atoms with van der Waals surface area (Å²) in [5.41, 5.74) is 0.865. The lowest BCUT2D eigenvalue weighted by atomic mass is 10.3. The van der Waals surface area contributed by atoms with Crippen LogP contribution in [0.2, 0.25) is 0 Å². The van der Waals surface area contributed by atoms with E-state index >= 15 is 0 Å². The molecule has 15 heavy (non-hydrogen) atoms. The number of rotatable bonds is 0. The molecule has 4 heteroatoms. The molecule has 0 saturated carbocycles. The number of hydrogen-bond donors (Lipinski definition) is 0. The maximum atomic E-state index is 11.5. The van der Waals surface area contributed by atoms with Gasteiger partial charge in [-0.3, -0.25) is 4.79 Å². The Kier molecular flexibility index (Phi) is 3.28. The lowest BCUT2D eigenvalue weighted by Crippen LogP contribution is -1.93. The number of carbonyl (C=O) groups is 1. The second kappa shape index (κ2) is 4.68. The fourth-order valence-corrected chi connectivity index (χ4v) is 2.30. The predicted octanol–water partition coefficient (Wildman–Crippen LogP) is 3.27. The number of thioether (sulfide) groups is 2. The summed E-state index contributed by atoms with van der Waals surface area (Å²) in [6.45, 7) is 0. The minimum Gasteiger partial charge on any atom is -0.282 e. The maximum absolute atomic E-state index is 11.5. The Hall–Kier alpha value is -1.00. The first-order valence-electron chi connectivity index (χ1n) is 4.41. The van der Waals surface area contributed by atoms with Gasteiger partial charge in [0.2, 0.25) is 5.12 Å². The second-order valence-corrected chi connectivity index (χ2v) is 4.75. The summed E-state index contributed by atoms with van der Waals surface area (Å²) in [7, 11) is 0. The summed E-state index contributed by atoms with van der Waals surface area (Å²) >= 11 is 2.75. The van der Waals surface area contributed by atoms with Crippen molar-refractivity contribution in [2.75, 3.05) is 6.26 Å². The summed E-state index contributed by atoms with van der Waals surface area (Å²) in [6.07, 6.45) is 5.27. The number of fused-ring (bicyclic) bond motifs is 1. The molecule has 0 aliphatic carbocycles. The van der Waals surface area contributed by atoms with Crippen LogP contribution in [0, 0.1) is 0 Å². The molecular formula is C11H9NOS2. The van der Waals surface area contributed by atoms with Crippen molar-refractivity contribution < 1.29 is 4.79 Å². The number of nitrogens with zero attached hydrogens (tertiary/aromatic N) is 1. The van der Waals surface area contributed by atoms with Crippen LogP contribution in [0.1, 0.15) is 0 Å². The average molecular weight is 235 g/mol. The quantitative estimate of drug-likeness (QED) is 0.691. The van der Waals surface area contributed by atoms with E-state index in [1.54, 1.807) is 12.2 Å². The molecule has 0 radical (unpaired) electrons. The van der Waals surface area contributed by atoms with Gasteiger partial charge in [0, 0.05) is 4.90 Å². The van der Waals surface area contributed by atoms with Crippen LogP contribution in [-0.2, 0) is 4.79 Å². The van der Waals surface area contributed by atoms with Gasteiger partial charge in [0.05, 0.1) is 10.7 Å². The van der Waals surface area contributed by atoms with Gasteiger partial charge in [-0.25, -0.2) is 4.99 Å². The van der Waals surface area contributed by atoms with Crippen molar-refractivity contribution in [1.82, 2.24) is 0 Å². The fourth-order valence-electron chi connectivity index (χ4n) is 1.19. The first kappa shape index (κ1) is 10.5. The highest BCUT2D eigenvalue weighted by molar-refractivity contribution is 8.14. The Labute approximate surface area is 96.9 Å². The summed E-state index contributed by atoms with van der Waals surface area (Å²) in [6, 6.07) is 7.68. The number of para-hydroxylation sites is 1. The van der Waals surface area contributed by atoms with Crippen LogP contribution in [0.25, 0.3) is 0 Å². The van der Waals surface area contributed by atoms with Gasteiger partial charge in [0.25, 0.3) is 0 Å². The minimum atomic E-state index is 0.0453. The number of benzene rings is 1. The molecule has 1 aliphatic rings. The van der Waals surface area contributed by atoms with Crippen molar-refractivity contribution in [2.45, 2.75) is 4.90 Å². The van der Waals surface area contributed by atoms with Gasteiger partial charge in [0.15, 0.2) is 0 Å². The minimum absolute atomic E-state index is 0.0453. The van der Waals surface area contributed by atoms with E-state index < -0.39 is 0 Å². The van der Waals surface area contributed by atoms with Gasteiger partial charge < -0.3 is 0 Å². The smallest absolute Gasteiger partial charge is 0.217 e. The molecule has 1 heterocycles. The van der Waals surface area contributed by atoms with Crippen molar-refractivity contribution in [1.29, 1.82) is 0 Å². The number of hydrogen-bond acceptors (Lipinski definition) is 4. The van der Waals surface area contributed by atoms with E-state index in [1.165, 1.54) is 23.5 Å². The van der Waals surface area contributed by atoms with Crippen molar-refractivity contribution in [3.05, 3.63) is 36.4 Å². The Morgan fingerprint density at radius 1 is 1.27 bits per heavy atom. The molecule has 0 N–H and O–H groups in total. The number of carbonyl (C=O) groups excluding carboxylic acids is 1. The topological polar surface area (TPSA) is 29.4 Å². The van der Waals surface area contributed by atoms with Gasteiger partial charge in [-0.15, -0.1) is 11.8 Å². The van der Waals surface area contributed by atoms with Crippen LogP contribution in [0.4, 0.5) is 5.69 Å². The number of aliphatic imine (C=N–C) groups is 1. The van der Waals surface area contributed by atoms with E-state index in [9.17, 15) is 4.79 Å². The molecule has 0 aromatic heterocycles. The van der Waals surface area contributed by atoms with Crippen molar-refractivity contribution in [2.24, 2.45) is 4.99 Å². The lowest BCUT2D eigenvalue weighted by Gasteiger charge is -2.06. The molecule has 1 aliphatic heterocycles.